The van der Waals surface area contributed by atoms with E-state index in [4.69, 9.17) is 0 Å². The molecule has 2 rings (SSSR count). The average Bonchev–Trinajstić information content (AvgIpc) is 2.58. The third kappa shape index (κ3) is 1.88. The first-order valence-corrected chi connectivity index (χ1v) is 5.36. The number of rotatable bonds is 1. The Kier molecular flexibility index (Phi) is 2.60. The van der Waals surface area contributed by atoms with Gasteiger partial charge < -0.3 is 4.90 Å². The summed E-state index contributed by atoms with van der Waals surface area (Å²) in [7, 11) is 0. The topological polar surface area (TPSA) is 3.24 Å². The Bertz CT molecular complexity index is 396. The predicted molar refractivity (Wildman–Crippen MR) is 57.6 cm³/mol. The van der Waals surface area contributed by atoms with Gasteiger partial charge >= 0.3 is 6.18 Å². The van der Waals surface area contributed by atoms with Crippen molar-refractivity contribution in [3.63, 3.8) is 0 Å². The Labute approximate surface area is 92.9 Å². The van der Waals surface area contributed by atoms with Crippen LogP contribution in [0.5, 0.6) is 0 Å². The maximum atomic E-state index is 12.5. The van der Waals surface area contributed by atoms with E-state index in [1.807, 2.05) is 13.8 Å². The third-order valence-corrected chi connectivity index (χ3v) is 2.96. The number of anilines is 1. The summed E-state index contributed by atoms with van der Waals surface area (Å²) in [6, 6.07) is 4.36. The van der Waals surface area contributed by atoms with E-state index in [-0.39, 0.29) is 0 Å². The van der Waals surface area contributed by atoms with E-state index in [0.717, 1.165) is 17.8 Å². The number of alkyl halides is 3. The van der Waals surface area contributed by atoms with Crippen LogP contribution in [0, 0.1) is 0 Å². The second kappa shape index (κ2) is 3.68. The normalized spacial score (nSPS) is 15.8. The van der Waals surface area contributed by atoms with Crippen molar-refractivity contribution in [1.82, 2.24) is 0 Å². The Morgan fingerprint density at radius 1 is 1.25 bits per heavy atom. The van der Waals surface area contributed by atoms with Gasteiger partial charge in [0.1, 0.15) is 0 Å². The lowest BCUT2D eigenvalue weighted by atomic mass is 10.1. The maximum absolute atomic E-state index is 12.5. The molecule has 1 aromatic rings. The number of nitrogens with zero attached hydrogens (tertiary/aromatic N) is 1. The molecule has 0 N–H and O–H groups in total. The van der Waals surface area contributed by atoms with Crippen LogP contribution in [0.4, 0.5) is 18.9 Å². The first kappa shape index (κ1) is 11.3. The molecule has 1 heterocycles. The molecular weight excluding hydrogens is 215 g/mol. The van der Waals surface area contributed by atoms with Crippen molar-refractivity contribution in [2.75, 3.05) is 11.4 Å². The molecule has 0 unspecified atom stereocenters. The fourth-order valence-corrected chi connectivity index (χ4v) is 2.14. The molecule has 88 valence electrons. The number of fused-ring (bicyclic) bond motifs is 1. The summed E-state index contributed by atoms with van der Waals surface area (Å²) in [6.45, 7) is 4.91. The number of halogens is 3. The minimum absolute atomic E-state index is 0.331. The summed E-state index contributed by atoms with van der Waals surface area (Å²) in [4.78, 5) is 2.13. The van der Waals surface area contributed by atoms with Crippen LogP contribution in [0.1, 0.15) is 25.0 Å². The van der Waals surface area contributed by atoms with Crippen LogP contribution >= 0.6 is 0 Å². The summed E-state index contributed by atoms with van der Waals surface area (Å²) in [5, 5.41) is 0. The minimum Gasteiger partial charge on any atom is -0.369 e. The molecule has 4 heteroatoms. The van der Waals surface area contributed by atoms with Gasteiger partial charge in [0, 0.05) is 18.3 Å². The first-order valence-electron chi connectivity index (χ1n) is 5.36. The van der Waals surface area contributed by atoms with E-state index in [0.29, 0.717) is 12.5 Å². The number of hydrogen-bond acceptors (Lipinski definition) is 1. The first-order chi connectivity index (χ1) is 7.39. The Morgan fingerprint density at radius 3 is 2.50 bits per heavy atom. The zero-order valence-electron chi connectivity index (χ0n) is 9.30. The highest BCUT2D eigenvalue weighted by atomic mass is 19.4. The second-order valence-electron chi connectivity index (χ2n) is 4.38. The molecule has 0 atom stereocenters. The largest absolute Gasteiger partial charge is 0.416 e. The molecule has 1 aromatic carbocycles. The van der Waals surface area contributed by atoms with E-state index in [9.17, 15) is 13.2 Å². The lowest BCUT2D eigenvalue weighted by Crippen LogP contribution is -2.28. The SMILES string of the molecule is CC(C)N1CCc2cc(C(F)(F)F)ccc21. The summed E-state index contributed by atoms with van der Waals surface area (Å²) in [6.07, 6.45) is -3.53. The molecule has 1 nitrogen and oxygen atoms in total. The monoisotopic (exact) mass is 229 g/mol. The number of benzene rings is 1. The maximum Gasteiger partial charge on any atom is 0.416 e. The molecule has 0 amide bonds. The van der Waals surface area contributed by atoms with Gasteiger partial charge in [-0.2, -0.15) is 13.2 Å². The highest BCUT2D eigenvalue weighted by Crippen LogP contribution is 2.36. The molecule has 0 saturated carbocycles. The average molecular weight is 229 g/mol. The lowest BCUT2D eigenvalue weighted by molar-refractivity contribution is -0.137. The van der Waals surface area contributed by atoms with Gasteiger partial charge in [0.15, 0.2) is 0 Å². The second-order valence-corrected chi connectivity index (χ2v) is 4.38. The van der Waals surface area contributed by atoms with Crippen molar-refractivity contribution in [1.29, 1.82) is 0 Å². The van der Waals surface area contributed by atoms with Crippen molar-refractivity contribution in [3.8, 4) is 0 Å². The van der Waals surface area contributed by atoms with E-state index in [1.165, 1.54) is 12.1 Å². The smallest absolute Gasteiger partial charge is 0.369 e. The zero-order valence-corrected chi connectivity index (χ0v) is 9.30. The standard InChI is InChI=1S/C12H14F3N/c1-8(2)16-6-5-9-7-10(12(13,14)15)3-4-11(9)16/h3-4,7-8H,5-6H2,1-2H3. The van der Waals surface area contributed by atoms with Crippen LogP contribution in [-0.2, 0) is 12.6 Å². The fourth-order valence-electron chi connectivity index (χ4n) is 2.14. The van der Waals surface area contributed by atoms with Crippen LogP contribution in [0.2, 0.25) is 0 Å². The Morgan fingerprint density at radius 2 is 1.94 bits per heavy atom. The zero-order chi connectivity index (χ0) is 11.9. The van der Waals surface area contributed by atoms with Crippen LogP contribution in [-0.4, -0.2) is 12.6 Å². The minimum atomic E-state index is -4.24. The van der Waals surface area contributed by atoms with Gasteiger partial charge in [-0.25, -0.2) is 0 Å². The molecular formula is C12H14F3N. The number of hydrogen-bond donors (Lipinski definition) is 0. The predicted octanol–water partition coefficient (Wildman–Crippen LogP) is 3.48. The van der Waals surface area contributed by atoms with Crippen molar-refractivity contribution in [3.05, 3.63) is 29.3 Å². The van der Waals surface area contributed by atoms with E-state index in [2.05, 4.69) is 4.90 Å². The van der Waals surface area contributed by atoms with Crippen LogP contribution in [0.25, 0.3) is 0 Å². The third-order valence-electron chi connectivity index (χ3n) is 2.96. The van der Waals surface area contributed by atoms with Gasteiger partial charge in [0.05, 0.1) is 5.56 Å². The van der Waals surface area contributed by atoms with Gasteiger partial charge in [-0.15, -0.1) is 0 Å². The van der Waals surface area contributed by atoms with Crippen molar-refractivity contribution >= 4 is 5.69 Å². The quantitative estimate of drug-likeness (QED) is 0.712. The molecule has 0 bridgehead atoms. The summed E-state index contributed by atoms with van der Waals surface area (Å²) in [5.41, 5.74) is 1.21. The molecule has 0 radical (unpaired) electrons. The van der Waals surface area contributed by atoms with Crippen LogP contribution in [0.3, 0.4) is 0 Å². The van der Waals surface area contributed by atoms with Gasteiger partial charge in [0.2, 0.25) is 0 Å². The van der Waals surface area contributed by atoms with Crippen molar-refractivity contribution < 1.29 is 13.2 Å². The molecule has 0 aliphatic carbocycles. The van der Waals surface area contributed by atoms with E-state index in [1.54, 1.807) is 6.07 Å². The molecule has 0 aromatic heterocycles. The Balaban J connectivity index is 2.37. The summed E-state index contributed by atoms with van der Waals surface area (Å²) < 4.78 is 37.5. The lowest BCUT2D eigenvalue weighted by Gasteiger charge is -2.24. The molecule has 0 spiro atoms. The highest BCUT2D eigenvalue weighted by Gasteiger charge is 2.32. The van der Waals surface area contributed by atoms with Gasteiger partial charge in [0.25, 0.3) is 0 Å². The van der Waals surface area contributed by atoms with Gasteiger partial charge in [-0.3, -0.25) is 0 Å². The summed E-state index contributed by atoms with van der Waals surface area (Å²) >= 11 is 0. The van der Waals surface area contributed by atoms with Gasteiger partial charge in [-0.1, -0.05) is 0 Å². The molecule has 16 heavy (non-hydrogen) atoms. The van der Waals surface area contributed by atoms with E-state index >= 15 is 0 Å². The van der Waals surface area contributed by atoms with Crippen LogP contribution in [0.15, 0.2) is 18.2 Å². The Hall–Kier alpha value is -1.19. The fraction of sp³-hybridized carbons (Fsp3) is 0.500. The highest BCUT2D eigenvalue weighted by molar-refractivity contribution is 5.59. The van der Waals surface area contributed by atoms with Crippen molar-refractivity contribution in [2.24, 2.45) is 0 Å². The van der Waals surface area contributed by atoms with Gasteiger partial charge in [-0.05, 0) is 44.0 Å². The molecule has 0 fully saturated rings. The van der Waals surface area contributed by atoms with Crippen LogP contribution < -0.4 is 4.90 Å². The van der Waals surface area contributed by atoms with Crippen molar-refractivity contribution in [2.45, 2.75) is 32.5 Å². The molecule has 1 aliphatic rings. The molecule has 1 aliphatic heterocycles. The molecule has 0 saturated heterocycles. The van der Waals surface area contributed by atoms with E-state index < -0.39 is 11.7 Å². The summed E-state index contributed by atoms with van der Waals surface area (Å²) in [5.74, 6) is 0.